The van der Waals surface area contributed by atoms with Crippen molar-refractivity contribution in [3.8, 4) is 5.75 Å². The van der Waals surface area contributed by atoms with E-state index < -0.39 is 6.80 Å². The highest BCUT2D eigenvalue weighted by molar-refractivity contribution is 9.10. The summed E-state index contributed by atoms with van der Waals surface area (Å²) in [6.07, 6.45) is 0.902. The van der Waals surface area contributed by atoms with Crippen LogP contribution < -0.4 is 4.52 Å². The topological polar surface area (TPSA) is 35.5 Å². The van der Waals surface area contributed by atoms with Crippen molar-refractivity contribution in [3.05, 3.63) is 27.7 Å². The molecule has 1 aromatic carbocycles. The second-order valence-corrected chi connectivity index (χ2v) is 8.81. The maximum Gasteiger partial charge on any atom is 0.440 e. The molecule has 3 nitrogen and oxygen atoms in total. The summed E-state index contributed by atoms with van der Waals surface area (Å²) in [5, 5.41) is 0.404. The van der Waals surface area contributed by atoms with Gasteiger partial charge in [-0.3, -0.25) is 4.52 Å². The predicted molar refractivity (Wildman–Crippen MR) is 81.8 cm³/mol. The third kappa shape index (κ3) is 5.14. The minimum atomic E-state index is -3.18. The number of hydrogen-bond acceptors (Lipinski definition) is 4. The van der Waals surface area contributed by atoms with E-state index in [2.05, 4.69) is 15.9 Å². The van der Waals surface area contributed by atoms with Crippen LogP contribution in [0.3, 0.4) is 0 Å². The summed E-state index contributed by atoms with van der Waals surface area (Å²) < 4.78 is 24.0. The molecule has 1 atom stereocenters. The van der Waals surface area contributed by atoms with Gasteiger partial charge in [0.15, 0.2) is 0 Å². The van der Waals surface area contributed by atoms with Crippen LogP contribution in [0.4, 0.5) is 0 Å². The monoisotopic (exact) mass is 372 g/mol. The van der Waals surface area contributed by atoms with Crippen LogP contribution in [0.5, 0.6) is 5.75 Å². The first-order valence-electron chi connectivity index (χ1n) is 5.54. The van der Waals surface area contributed by atoms with Gasteiger partial charge in [0, 0.05) is 10.2 Å². The number of benzene rings is 1. The molecule has 1 aromatic rings. The number of hydrogen-bond donors (Lipinski definition) is 0. The van der Waals surface area contributed by atoms with Crippen LogP contribution in [0.2, 0.25) is 5.02 Å². The lowest BCUT2D eigenvalue weighted by atomic mass is 10.3. The van der Waals surface area contributed by atoms with Crippen molar-refractivity contribution in [1.82, 2.24) is 0 Å². The Bertz CT molecular complexity index is 444. The molecule has 0 aliphatic heterocycles. The van der Waals surface area contributed by atoms with Crippen molar-refractivity contribution in [2.75, 3.05) is 12.4 Å². The van der Waals surface area contributed by atoms with Gasteiger partial charge >= 0.3 is 6.80 Å². The minimum Gasteiger partial charge on any atom is -0.415 e. The van der Waals surface area contributed by atoms with Crippen LogP contribution >= 0.6 is 45.7 Å². The Labute approximate surface area is 125 Å². The van der Waals surface area contributed by atoms with Gasteiger partial charge in [0.1, 0.15) is 5.75 Å². The normalized spacial score (nSPS) is 14.2. The fourth-order valence-corrected chi connectivity index (χ4v) is 5.35. The molecule has 18 heavy (non-hydrogen) atoms. The quantitative estimate of drug-likeness (QED) is 0.568. The molecular formula is C11H15BrClO3PS. The highest BCUT2D eigenvalue weighted by Crippen LogP contribution is 2.60. The average molecular weight is 374 g/mol. The van der Waals surface area contributed by atoms with E-state index in [1.165, 1.54) is 11.4 Å². The van der Waals surface area contributed by atoms with Gasteiger partial charge in [-0.05, 0) is 42.9 Å². The number of rotatable bonds is 7. The summed E-state index contributed by atoms with van der Waals surface area (Å²) in [5.41, 5.74) is 0. The molecule has 0 bridgehead atoms. The average Bonchev–Trinajstić information content (AvgIpc) is 2.31. The lowest BCUT2D eigenvalue weighted by Gasteiger charge is -2.18. The van der Waals surface area contributed by atoms with Crippen molar-refractivity contribution in [1.29, 1.82) is 0 Å². The standard InChI is InChI=1S/C11H15BrClO3PS/c1-3-7-18-17(14,15-4-2)16-11-6-5-9(12)8-10(11)13/h5-6,8H,3-4,7H2,1-2H3/t17-/m1/s1. The lowest BCUT2D eigenvalue weighted by molar-refractivity contribution is 0.296. The Balaban J connectivity index is 2.85. The zero-order chi connectivity index (χ0) is 13.6. The Kier molecular flexibility index (Phi) is 7.11. The van der Waals surface area contributed by atoms with E-state index in [1.54, 1.807) is 25.1 Å². The Morgan fingerprint density at radius 2 is 2.17 bits per heavy atom. The summed E-state index contributed by atoms with van der Waals surface area (Å²) in [5.74, 6) is 1.09. The van der Waals surface area contributed by atoms with Crippen LogP contribution in [0.25, 0.3) is 0 Å². The molecule has 0 saturated carbocycles. The zero-order valence-electron chi connectivity index (χ0n) is 10.2. The molecule has 0 fully saturated rings. The summed E-state index contributed by atoms with van der Waals surface area (Å²) in [6.45, 7) is 0.946. The molecule has 0 aliphatic rings. The maximum atomic E-state index is 12.4. The molecule has 0 amide bonds. The summed E-state index contributed by atoms with van der Waals surface area (Å²) in [7, 11) is 0. The summed E-state index contributed by atoms with van der Waals surface area (Å²) in [4.78, 5) is 0. The first-order chi connectivity index (χ1) is 8.50. The first-order valence-corrected chi connectivity index (χ1v) is 9.85. The fraction of sp³-hybridized carbons (Fsp3) is 0.455. The van der Waals surface area contributed by atoms with Gasteiger partial charge in [-0.25, -0.2) is 4.57 Å². The fourth-order valence-electron chi connectivity index (χ4n) is 1.12. The predicted octanol–water partition coefficient (Wildman–Crippen LogP) is 5.77. The Morgan fingerprint density at radius 3 is 2.72 bits per heavy atom. The maximum absolute atomic E-state index is 12.4. The third-order valence-corrected chi connectivity index (χ3v) is 6.57. The van der Waals surface area contributed by atoms with Gasteiger partial charge in [-0.15, -0.1) is 0 Å². The van der Waals surface area contributed by atoms with Crippen LogP contribution in [0.1, 0.15) is 20.3 Å². The lowest BCUT2D eigenvalue weighted by Crippen LogP contribution is -1.96. The van der Waals surface area contributed by atoms with Gasteiger partial charge in [-0.2, -0.15) is 0 Å². The second-order valence-electron chi connectivity index (χ2n) is 3.36. The molecule has 0 aliphatic carbocycles. The molecule has 0 N–H and O–H groups in total. The largest absolute Gasteiger partial charge is 0.440 e. The molecule has 1 rings (SSSR count). The molecule has 0 radical (unpaired) electrons. The zero-order valence-corrected chi connectivity index (χ0v) is 14.2. The Hall–Kier alpha value is 0.330. The van der Waals surface area contributed by atoms with E-state index in [0.717, 1.165) is 10.9 Å². The van der Waals surface area contributed by atoms with Gasteiger partial charge in [0.25, 0.3) is 0 Å². The number of halogens is 2. The van der Waals surface area contributed by atoms with E-state index in [9.17, 15) is 4.57 Å². The third-order valence-electron chi connectivity index (χ3n) is 1.84. The first kappa shape index (κ1) is 16.4. The van der Waals surface area contributed by atoms with Crippen molar-refractivity contribution < 1.29 is 13.6 Å². The van der Waals surface area contributed by atoms with E-state index in [0.29, 0.717) is 23.1 Å². The molecule has 0 aromatic heterocycles. The van der Waals surface area contributed by atoms with Crippen LogP contribution in [-0.2, 0) is 9.09 Å². The van der Waals surface area contributed by atoms with Gasteiger partial charge in [-0.1, -0.05) is 34.5 Å². The minimum absolute atomic E-state index is 0.335. The van der Waals surface area contributed by atoms with Gasteiger partial charge < -0.3 is 4.52 Å². The van der Waals surface area contributed by atoms with E-state index in [1.807, 2.05) is 6.92 Å². The van der Waals surface area contributed by atoms with Crippen LogP contribution in [-0.4, -0.2) is 12.4 Å². The van der Waals surface area contributed by atoms with Crippen LogP contribution in [0.15, 0.2) is 22.7 Å². The molecule has 102 valence electrons. The smallest absolute Gasteiger partial charge is 0.415 e. The van der Waals surface area contributed by atoms with Crippen molar-refractivity contribution in [2.24, 2.45) is 0 Å². The SMILES string of the molecule is CCCS[P@](=O)(OCC)Oc1ccc(Br)cc1Cl. The molecule has 0 spiro atoms. The highest BCUT2D eigenvalue weighted by atomic mass is 79.9. The summed E-state index contributed by atoms with van der Waals surface area (Å²) >= 11 is 10.5. The highest BCUT2D eigenvalue weighted by Gasteiger charge is 2.27. The molecule has 7 heteroatoms. The summed E-state index contributed by atoms with van der Waals surface area (Å²) in [6, 6.07) is 5.14. The second kappa shape index (κ2) is 7.81. The van der Waals surface area contributed by atoms with E-state index in [4.69, 9.17) is 20.6 Å². The van der Waals surface area contributed by atoms with E-state index in [-0.39, 0.29) is 0 Å². The molecule has 0 unspecified atom stereocenters. The van der Waals surface area contributed by atoms with Gasteiger partial charge in [0.2, 0.25) is 0 Å². The van der Waals surface area contributed by atoms with Gasteiger partial charge in [0.05, 0.1) is 11.6 Å². The van der Waals surface area contributed by atoms with Crippen molar-refractivity contribution in [2.45, 2.75) is 20.3 Å². The van der Waals surface area contributed by atoms with Crippen LogP contribution in [0, 0.1) is 0 Å². The van der Waals surface area contributed by atoms with Crippen molar-refractivity contribution >= 4 is 45.7 Å². The van der Waals surface area contributed by atoms with E-state index >= 15 is 0 Å². The molecule has 0 heterocycles. The molecule has 0 saturated heterocycles. The van der Waals surface area contributed by atoms with Crippen molar-refractivity contribution in [3.63, 3.8) is 0 Å². The molecular weight excluding hydrogens is 359 g/mol. The Morgan fingerprint density at radius 1 is 1.44 bits per heavy atom.